The van der Waals surface area contributed by atoms with Gasteiger partial charge in [0.1, 0.15) is 17.1 Å². The quantitative estimate of drug-likeness (QED) is 0.256. The minimum absolute atomic E-state index is 0.0254. The van der Waals surface area contributed by atoms with E-state index in [0.717, 1.165) is 10.5 Å². The van der Waals surface area contributed by atoms with E-state index in [1.807, 2.05) is 6.07 Å². The second kappa shape index (κ2) is 11.4. The lowest BCUT2D eigenvalue weighted by atomic mass is 9.94. The van der Waals surface area contributed by atoms with Crippen molar-refractivity contribution >= 4 is 28.8 Å². The van der Waals surface area contributed by atoms with Crippen LogP contribution in [-0.2, 0) is 31.1 Å². The second-order valence-corrected chi connectivity index (χ2v) is 9.22. The van der Waals surface area contributed by atoms with Gasteiger partial charge in [0.15, 0.2) is 5.54 Å². The van der Waals surface area contributed by atoms with E-state index in [2.05, 4.69) is 10.3 Å². The summed E-state index contributed by atoms with van der Waals surface area (Å²) in [5.41, 5.74) is 0.186. The fourth-order valence-electron chi connectivity index (χ4n) is 4.78. The Hall–Kier alpha value is -4.00. The predicted octanol–water partition coefficient (Wildman–Crippen LogP) is 1.92. The van der Waals surface area contributed by atoms with Gasteiger partial charge in [-0.15, -0.1) is 0 Å². The summed E-state index contributed by atoms with van der Waals surface area (Å²) in [6.07, 6.45) is 3.19. The van der Waals surface area contributed by atoms with E-state index in [1.165, 1.54) is 12.0 Å². The zero-order chi connectivity index (χ0) is 27.4. The van der Waals surface area contributed by atoms with E-state index in [-0.39, 0.29) is 37.9 Å². The highest BCUT2D eigenvalue weighted by Gasteiger charge is 2.56. The summed E-state index contributed by atoms with van der Waals surface area (Å²) in [4.78, 5) is 47.1. The third-order valence-corrected chi connectivity index (χ3v) is 6.80. The van der Waals surface area contributed by atoms with Crippen LogP contribution in [0.15, 0.2) is 47.1 Å². The molecule has 2 aliphatic rings. The Balaban J connectivity index is 1.36. The molecule has 4 heterocycles. The zero-order valence-corrected chi connectivity index (χ0v) is 21.8. The first-order chi connectivity index (χ1) is 19.0. The van der Waals surface area contributed by atoms with Crippen LogP contribution in [0.25, 0.3) is 11.0 Å². The van der Waals surface area contributed by atoms with Crippen LogP contribution >= 0.6 is 0 Å². The number of nitrogens with one attached hydrogen (secondary N) is 1. The molecule has 2 aromatic heterocycles. The van der Waals surface area contributed by atoms with Gasteiger partial charge in [-0.2, -0.15) is 0 Å². The largest absolute Gasteiger partial charge is 0.497 e. The molecular weight excluding hydrogens is 508 g/mol. The number of fused-ring (bicyclic) bond motifs is 2. The summed E-state index contributed by atoms with van der Waals surface area (Å²) in [5, 5.41) is 3.50. The van der Waals surface area contributed by atoms with Crippen LogP contribution in [0.3, 0.4) is 0 Å². The topological polar surface area (TPSA) is 133 Å². The fraction of sp³-hybridized carbons (Fsp3) is 0.407. The summed E-state index contributed by atoms with van der Waals surface area (Å²) in [6.45, 7) is 1.91. The molecule has 12 heteroatoms. The van der Waals surface area contributed by atoms with Crippen molar-refractivity contribution in [2.24, 2.45) is 0 Å². The van der Waals surface area contributed by atoms with Gasteiger partial charge in [0.2, 0.25) is 0 Å². The van der Waals surface area contributed by atoms with E-state index in [1.54, 1.807) is 43.8 Å². The average molecular weight is 539 g/mol. The Morgan fingerprint density at radius 2 is 1.82 bits per heavy atom. The summed E-state index contributed by atoms with van der Waals surface area (Å²) in [5.74, 6) is -0.0109. The molecule has 1 atom stereocenters. The van der Waals surface area contributed by atoms with Crippen LogP contribution in [-0.4, -0.2) is 93.0 Å². The average Bonchev–Trinajstić information content (AvgIpc) is 3.59. The Bertz CT molecular complexity index is 1340. The summed E-state index contributed by atoms with van der Waals surface area (Å²) >= 11 is 0. The fourth-order valence-corrected chi connectivity index (χ4v) is 4.78. The van der Waals surface area contributed by atoms with Gasteiger partial charge in [0.05, 0.1) is 53.2 Å². The number of rotatable bonds is 13. The summed E-state index contributed by atoms with van der Waals surface area (Å²) < 4.78 is 27.2. The van der Waals surface area contributed by atoms with Crippen molar-refractivity contribution in [2.75, 3.05) is 60.3 Å². The summed E-state index contributed by atoms with van der Waals surface area (Å²) in [6, 6.07) is 8.04. The number of aromatic nitrogens is 1. The lowest BCUT2D eigenvalue weighted by Gasteiger charge is -2.29. The number of carbonyl (C=O) groups excluding carboxylic acids is 3. The number of furan rings is 1. The maximum absolute atomic E-state index is 13.9. The molecule has 0 bridgehead atoms. The number of pyridine rings is 1. The molecule has 0 radical (unpaired) electrons. The van der Waals surface area contributed by atoms with Gasteiger partial charge < -0.3 is 33.6 Å². The number of carbonyl (C=O) groups is 3. The minimum Gasteiger partial charge on any atom is -0.497 e. The molecule has 1 saturated heterocycles. The van der Waals surface area contributed by atoms with Crippen molar-refractivity contribution in [2.45, 2.75) is 12.1 Å². The predicted molar refractivity (Wildman–Crippen MR) is 137 cm³/mol. The van der Waals surface area contributed by atoms with E-state index in [0.29, 0.717) is 48.7 Å². The summed E-state index contributed by atoms with van der Waals surface area (Å²) in [7, 11) is 3.12. The van der Waals surface area contributed by atoms with Crippen LogP contribution in [0, 0.1) is 0 Å². The Morgan fingerprint density at radius 1 is 1.03 bits per heavy atom. The molecule has 0 unspecified atom stereocenters. The first kappa shape index (κ1) is 26.6. The number of imide groups is 1. The van der Waals surface area contributed by atoms with Crippen LogP contribution in [0.5, 0.6) is 5.75 Å². The molecule has 0 spiro atoms. The number of benzene rings is 1. The lowest BCUT2D eigenvalue weighted by Crippen LogP contribution is -2.52. The van der Waals surface area contributed by atoms with Crippen LogP contribution < -0.4 is 10.1 Å². The SMILES string of the molecule is COCCOCCOCCN1C(=O)N[C@@](CN2Cc3ccc(OC)cc3C2=O)(c2cc3cnccc3o2)C1=O. The number of hydrogen-bond acceptors (Lipinski definition) is 9. The molecule has 0 aliphatic carbocycles. The van der Waals surface area contributed by atoms with Gasteiger partial charge in [-0.05, 0) is 29.8 Å². The van der Waals surface area contributed by atoms with Crippen LogP contribution in [0.2, 0.25) is 0 Å². The molecule has 3 aromatic rings. The molecular formula is C27H30N4O8. The number of methoxy groups -OCH3 is 2. The Labute approximate surface area is 224 Å². The lowest BCUT2D eigenvalue weighted by molar-refractivity contribution is -0.133. The van der Waals surface area contributed by atoms with Crippen molar-refractivity contribution in [3.05, 3.63) is 59.6 Å². The van der Waals surface area contributed by atoms with Gasteiger partial charge >= 0.3 is 6.03 Å². The Morgan fingerprint density at radius 3 is 2.59 bits per heavy atom. The molecule has 5 rings (SSSR count). The molecule has 206 valence electrons. The molecule has 0 saturated carbocycles. The van der Waals surface area contributed by atoms with Crippen molar-refractivity contribution in [1.29, 1.82) is 0 Å². The molecule has 39 heavy (non-hydrogen) atoms. The first-order valence-electron chi connectivity index (χ1n) is 12.6. The molecule has 1 aromatic carbocycles. The standard InChI is InChI=1S/C27H30N4O8/c1-35-9-10-38-12-11-37-8-7-31-25(33)27(29-26(31)34,23-13-19-15-28-6-5-22(19)39-23)17-30-16-18-3-4-20(36-2)14-21(18)24(30)32/h3-6,13-15H,7-12,16-17H2,1-2H3,(H,29,34)/t27-/m0/s1. The highest BCUT2D eigenvalue weighted by atomic mass is 16.5. The van der Waals surface area contributed by atoms with Crippen molar-refractivity contribution < 1.29 is 37.7 Å². The smallest absolute Gasteiger partial charge is 0.325 e. The highest BCUT2D eigenvalue weighted by Crippen LogP contribution is 2.36. The third-order valence-electron chi connectivity index (χ3n) is 6.80. The number of nitrogens with zero attached hydrogens (tertiary/aromatic N) is 3. The van der Waals surface area contributed by atoms with E-state index >= 15 is 0 Å². The number of amides is 4. The maximum atomic E-state index is 13.9. The van der Waals surface area contributed by atoms with E-state index < -0.39 is 17.5 Å². The zero-order valence-electron chi connectivity index (χ0n) is 21.8. The number of ether oxygens (including phenoxy) is 4. The minimum atomic E-state index is -1.62. The number of urea groups is 1. The highest BCUT2D eigenvalue weighted by molar-refractivity contribution is 6.08. The molecule has 2 aliphatic heterocycles. The van der Waals surface area contributed by atoms with Gasteiger partial charge in [0.25, 0.3) is 11.8 Å². The van der Waals surface area contributed by atoms with Gasteiger partial charge in [-0.25, -0.2) is 4.79 Å². The Kier molecular flexibility index (Phi) is 7.77. The van der Waals surface area contributed by atoms with Crippen LogP contribution in [0.4, 0.5) is 4.79 Å². The normalized spacial score (nSPS) is 18.8. The third kappa shape index (κ3) is 5.18. The van der Waals surface area contributed by atoms with Gasteiger partial charge in [-0.3, -0.25) is 19.5 Å². The monoisotopic (exact) mass is 538 g/mol. The maximum Gasteiger partial charge on any atom is 0.325 e. The molecule has 4 amide bonds. The van der Waals surface area contributed by atoms with E-state index in [4.69, 9.17) is 23.4 Å². The second-order valence-electron chi connectivity index (χ2n) is 9.22. The van der Waals surface area contributed by atoms with Crippen LogP contribution in [0.1, 0.15) is 21.7 Å². The molecule has 12 nitrogen and oxygen atoms in total. The van der Waals surface area contributed by atoms with Crippen molar-refractivity contribution in [3.8, 4) is 5.75 Å². The first-order valence-corrected chi connectivity index (χ1v) is 12.6. The molecule has 1 N–H and O–H groups in total. The van der Waals surface area contributed by atoms with Gasteiger partial charge in [0, 0.05) is 37.0 Å². The van der Waals surface area contributed by atoms with E-state index in [9.17, 15) is 14.4 Å². The van der Waals surface area contributed by atoms with Crippen molar-refractivity contribution in [3.63, 3.8) is 0 Å². The molecule has 1 fully saturated rings. The van der Waals surface area contributed by atoms with Crippen molar-refractivity contribution in [1.82, 2.24) is 20.1 Å². The van der Waals surface area contributed by atoms with Gasteiger partial charge in [-0.1, -0.05) is 6.07 Å². The number of hydrogen-bond donors (Lipinski definition) is 1.